The Balaban J connectivity index is 1.60. The van der Waals surface area contributed by atoms with Crippen molar-refractivity contribution in [1.82, 2.24) is 9.97 Å². The van der Waals surface area contributed by atoms with E-state index in [9.17, 15) is 9.90 Å². The zero-order chi connectivity index (χ0) is 21.4. The molecular formula is C23H28N4O3. The van der Waals surface area contributed by atoms with E-state index in [1.165, 1.54) is 0 Å². The molecule has 1 fully saturated rings. The van der Waals surface area contributed by atoms with Crippen molar-refractivity contribution in [2.45, 2.75) is 45.3 Å². The van der Waals surface area contributed by atoms with Crippen LogP contribution in [0.15, 0.2) is 41.3 Å². The van der Waals surface area contributed by atoms with Gasteiger partial charge in [0.15, 0.2) is 11.4 Å². The Labute approximate surface area is 175 Å². The number of hydrogen-bond acceptors (Lipinski definition) is 7. The Bertz CT molecular complexity index is 1050. The standard InChI is InChI=1S/C23H28N4O3/c1-13(2)16-12-30-21-5-4-18(26-22(16)21)20(28)8-15-9-25-7-6-19(15)27-10-14(3)23(29)17(24)11-27/h4-7,9,12-14,17,23,29H,8,10-11,24H2,1-3H3/t14-,17+,23+/m0/s1. The third kappa shape index (κ3) is 3.82. The molecule has 3 N–H and O–H groups in total. The van der Waals surface area contributed by atoms with Crippen LogP contribution in [0.4, 0.5) is 5.69 Å². The summed E-state index contributed by atoms with van der Waals surface area (Å²) in [6, 6.07) is 5.09. The van der Waals surface area contributed by atoms with E-state index in [4.69, 9.17) is 10.2 Å². The highest BCUT2D eigenvalue weighted by Gasteiger charge is 2.32. The number of rotatable bonds is 5. The van der Waals surface area contributed by atoms with Gasteiger partial charge < -0.3 is 20.2 Å². The van der Waals surface area contributed by atoms with Crippen molar-refractivity contribution in [1.29, 1.82) is 0 Å². The lowest BCUT2D eigenvalue weighted by Crippen LogP contribution is -2.55. The Morgan fingerprint density at radius 2 is 2.13 bits per heavy atom. The van der Waals surface area contributed by atoms with Crippen molar-refractivity contribution < 1.29 is 14.3 Å². The predicted octanol–water partition coefficient (Wildman–Crippen LogP) is 2.92. The fourth-order valence-corrected chi connectivity index (χ4v) is 4.14. The molecule has 0 aromatic carbocycles. The number of anilines is 1. The summed E-state index contributed by atoms with van der Waals surface area (Å²) in [4.78, 5) is 24.0. The lowest BCUT2D eigenvalue weighted by atomic mass is 9.92. The SMILES string of the molecule is CC(C)c1coc2ccc(C(=O)Cc3cnccc3N3C[C@@H](N)[C@H](O)[C@@H](C)C3)nc12. The number of carbonyl (C=O) groups is 1. The molecule has 158 valence electrons. The van der Waals surface area contributed by atoms with Gasteiger partial charge in [0.1, 0.15) is 11.2 Å². The van der Waals surface area contributed by atoms with Crippen LogP contribution < -0.4 is 10.6 Å². The molecule has 0 unspecified atom stereocenters. The maximum atomic E-state index is 13.1. The minimum atomic E-state index is -0.519. The summed E-state index contributed by atoms with van der Waals surface area (Å²) in [5.41, 5.74) is 10.7. The van der Waals surface area contributed by atoms with Crippen molar-refractivity contribution in [3.05, 3.63) is 53.7 Å². The lowest BCUT2D eigenvalue weighted by Gasteiger charge is -2.40. The number of pyridine rings is 2. The Morgan fingerprint density at radius 1 is 1.33 bits per heavy atom. The van der Waals surface area contributed by atoms with E-state index in [0.29, 0.717) is 24.4 Å². The Kier molecular flexibility index (Phi) is 5.58. The van der Waals surface area contributed by atoms with Gasteiger partial charge in [-0.1, -0.05) is 20.8 Å². The number of aliphatic hydroxyl groups excluding tert-OH is 1. The average molecular weight is 409 g/mol. The first-order valence-corrected chi connectivity index (χ1v) is 10.4. The number of Topliss-reactive ketones (excluding diaryl/α,β-unsaturated/α-hetero) is 1. The molecule has 1 saturated heterocycles. The molecule has 0 saturated carbocycles. The van der Waals surface area contributed by atoms with E-state index in [1.807, 2.05) is 13.0 Å². The van der Waals surface area contributed by atoms with Crippen molar-refractivity contribution in [2.75, 3.05) is 18.0 Å². The number of nitrogens with zero attached hydrogens (tertiary/aromatic N) is 3. The molecule has 3 aromatic rings. The van der Waals surface area contributed by atoms with Gasteiger partial charge in [0.05, 0.1) is 12.4 Å². The normalized spacial score (nSPS) is 22.1. The average Bonchev–Trinajstić information content (AvgIpc) is 3.15. The highest BCUT2D eigenvalue weighted by molar-refractivity contribution is 5.98. The van der Waals surface area contributed by atoms with Crippen LogP contribution in [-0.4, -0.2) is 46.1 Å². The minimum absolute atomic E-state index is 0.0464. The number of aromatic nitrogens is 2. The third-order valence-electron chi connectivity index (χ3n) is 5.88. The maximum absolute atomic E-state index is 13.1. The van der Waals surface area contributed by atoms with E-state index < -0.39 is 6.10 Å². The van der Waals surface area contributed by atoms with Gasteiger partial charge in [0.2, 0.25) is 0 Å². The zero-order valence-corrected chi connectivity index (χ0v) is 17.6. The molecule has 4 heterocycles. The van der Waals surface area contributed by atoms with Crippen LogP contribution in [0.2, 0.25) is 0 Å². The van der Waals surface area contributed by atoms with E-state index in [1.54, 1.807) is 30.8 Å². The minimum Gasteiger partial charge on any atom is -0.462 e. The first kappa shape index (κ1) is 20.5. The van der Waals surface area contributed by atoms with Gasteiger partial charge in [-0.15, -0.1) is 0 Å². The van der Waals surface area contributed by atoms with Gasteiger partial charge in [-0.25, -0.2) is 4.98 Å². The smallest absolute Gasteiger partial charge is 0.185 e. The van der Waals surface area contributed by atoms with Crippen LogP contribution in [0.1, 0.15) is 48.3 Å². The first-order chi connectivity index (χ1) is 14.3. The number of furan rings is 1. The van der Waals surface area contributed by atoms with Gasteiger partial charge in [0, 0.05) is 60.7 Å². The second-order valence-electron chi connectivity index (χ2n) is 8.53. The van der Waals surface area contributed by atoms with Crippen LogP contribution in [0.3, 0.4) is 0 Å². The van der Waals surface area contributed by atoms with Gasteiger partial charge in [0.25, 0.3) is 0 Å². The fraction of sp³-hybridized carbons (Fsp3) is 0.435. The monoisotopic (exact) mass is 408 g/mol. The summed E-state index contributed by atoms with van der Waals surface area (Å²) >= 11 is 0. The number of ketones is 1. The number of carbonyl (C=O) groups excluding carboxylic acids is 1. The van der Waals surface area contributed by atoms with Gasteiger partial charge in [-0.3, -0.25) is 9.78 Å². The number of hydrogen-bond donors (Lipinski definition) is 2. The van der Waals surface area contributed by atoms with E-state index in [0.717, 1.165) is 22.3 Å². The molecule has 4 rings (SSSR count). The van der Waals surface area contributed by atoms with Crippen molar-refractivity contribution >= 4 is 22.6 Å². The van der Waals surface area contributed by atoms with E-state index >= 15 is 0 Å². The molecule has 0 amide bonds. The maximum Gasteiger partial charge on any atom is 0.185 e. The first-order valence-electron chi connectivity index (χ1n) is 10.4. The zero-order valence-electron chi connectivity index (χ0n) is 17.6. The van der Waals surface area contributed by atoms with Gasteiger partial charge in [-0.2, -0.15) is 0 Å². The molecule has 0 aliphatic carbocycles. The predicted molar refractivity (Wildman–Crippen MR) is 116 cm³/mol. The molecule has 0 spiro atoms. The molecular weight excluding hydrogens is 380 g/mol. The summed E-state index contributed by atoms with van der Waals surface area (Å²) in [5, 5.41) is 10.2. The third-order valence-corrected chi connectivity index (χ3v) is 5.88. The Morgan fingerprint density at radius 3 is 2.87 bits per heavy atom. The topological polar surface area (TPSA) is 105 Å². The van der Waals surface area contributed by atoms with Gasteiger partial charge in [-0.05, 0) is 24.1 Å². The van der Waals surface area contributed by atoms with Crippen LogP contribution in [-0.2, 0) is 6.42 Å². The molecule has 7 heteroatoms. The summed E-state index contributed by atoms with van der Waals surface area (Å²) in [6.07, 6.45) is 4.83. The van der Waals surface area contributed by atoms with E-state index in [2.05, 4.69) is 28.7 Å². The van der Waals surface area contributed by atoms with Crippen LogP contribution in [0.25, 0.3) is 11.1 Å². The second-order valence-corrected chi connectivity index (χ2v) is 8.53. The van der Waals surface area contributed by atoms with Crippen molar-refractivity contribution in [2.24, 2.45) is 11.7 Å². The largest absolute Gasteiger partial charge is 0.462 e. The number of nitrogens with two attached hydrogens (primary N) is 1. The molecule has 1 aliphatic heterocycles. The molecule has 30 heavy (non-hydrogen) atoms. The second kappa shape index (κ2) is 8.16. The van der Waals surface area contributed by atoms with Crippen molar-refractivity contribution in [3.63, 3.8) is 0 Å². The molecule has 7 nitrogen and oxygen atoms in total. The number of piperidine rings is 1. The van der Waals surface area contributed by atoms with Crippen LogP contribution in [0.5, 0.6) is 0 Å². The molecule has 1 aliphatic rings. The summed E-state index contributed by atoms with van der Waals surface area (Å²) in [6.45, 7) is 7.34. The van der Waals surface area contributed by atoms with Crippen LogP contribution >= 0.6 is 0 Å². The lowest BCUT2D eigenvalue weighted by molar-refractivity contribution is 0.0784. The Hall–Kier alpha value is -2.77. The number of fused-ring (bicyclic) bond motifs is 1. The molecule has 3 atom stereocenters. The highest BCUT2D eigenvalue weighted by atomic mass is 16.3. The van der Waals surface area contributed by atoms with E-state index in [-0.39, 0.29) is 30.1 Å². The quantitative estimate of drug-likeness (QED) is 0.625. The summed E-state index contributed by atoms with van der Waals surface area (Å²) < 4.78 is 5.57. The van der Waals surface area contributed by atoms with Gasteiger partial charge >= 0.3 is 0 Å². The number of aliphatic hydroxyl groups is 1. The molecule has 0 bridgehead atoms. The van der Waals surface area contributed by atoms with Crippen LogP contribution in [0, 0.1) is 5.92 Å². The summed E-state index contributed by atoms with van der Waals surface area (Å²) in [5.74, 6) is 0.233. The summed E-state index contributed by atoms with van der Waals surface area (Å²) in [7, 11) is 0. The molecule has 3 aromatic heterocycles. The fourth-order valence-electron chi connectivity index (χ4n) is 4.14. The van der Waals surface area contributed by atoms with Crippen molar-refractivity contribution in [3.8, 4) is 0 Å². The molecule has 0 radical (unpaired) electrons. The highest BCUT2D eigenvalue weighted by Crippen LogP contribution is 2.28.